The molecule has 0 spiro atoms. The Hall–Kier alpha value is -2.79. The minimum atomic E-state index is 0.895. The molecule has 1 saturated heterocycles. The van der Waals surface area contributed by atoms with Crippen molar-refractivity contribution in [3.8, 4) is 17.0 Å². The molecule has 0 N–H and O–H groups in total. The van der Waals surface area contributed by atoms with E-state index in [1.54, 1.807) is 7.11 Å². The zero-order valence-corrected chi connectivity index (χ0v) is 16.3. The predicted molar refractivity (Wildman–Crippen MR) is 113 cm³/mol. The number of hydrogen-bond acceptors (Lipinski definition) is 3. The minimum absolute atomic E-state index is 0.895. The van der Waals surface area contributed by atoms with Crippen LogP contribution < -0.4 is 4.74 Å². The molecular formula is C23H26N4O. The molecule has 1 aliphatic heterocycles. The number of likely N-dealkylation sites (tertiary alicyclic amines) is 1. The molecule has 0 unspecified atom stereocenters. The van der Waals surface area contributed by atoms with Gasteiger partial charge < -0.3 is 14.2 Å². The lowest BCUT2D eigenvalue weighted by Gasteiger charge is -2.26. The summed E-state index contributed by atoms with van der Waals surface area (Å²) in [6.07, 6.45) is 6.20. The van der Waals surface area contributed by atoms with Crippen molar-refractivity contribution in [2.45, 2.75) is 25.8 Å². The van der Waals surface area contributed by atoms with Gasteiger partial charge in [0.2, 0.25) is 5.78 Å². The van der Waals surface area contributed by atoms with Crippen LogP contribution in [-0.2, 0) is 6.54 Å². The van der Waals surface area contributed by atoms with E-state index in [-0.39, 0.29) is 0 Å². The molecule has 3 heterocycles. The average Bonchev–Trinajstić information content (AvgIpc) is 3.29. The lowest BCUT2D eigenvalue weighted by atomic mass is 10.1. The Morgan fingerprint density at radius 2 is 1.71 bits per heavy atom. The maximum absolute atomic E-state index is 5.66. The topological polar surface area (TPSA) is 34.7 Å². The van der Waals surface area contributed by atoms with Crippen LogP contribution in [0.3, 0.4) is 0 Å². The van der Waals surface area contributed by atoms with Crippen LogP contribution in [0.2, 0.25) is 0 Å². The van der Waals surface area contributed by atoms with E-state index < -0.39 is 0 Å². The number of imidazole rings is 2. The van der Waals surface area contributed by atoms with E-state index in [9.17, 15) is 0 Å². The number of para-hydroxylation sites is 3. The van der Waals surface area contributed by atoms with E-state index in [2.05, 4.69) is 50.4 Å². The van der Waals surface area contributed by atoms with Gasteiger partial charge in [0.05, 0.1) is 23.8 Å². The Bertz CT molecular complexity index is 1100. The first kappa shape index (κ1) is 17.3. The van der Waals surface area contributed by atoms with E-state index in [1.807, 2.05) is 18.2 Å². The minimum Gasteiger partial charge on any atom is -0.496 e. The van der Waals surface area contributed by atoms with Gasteiger partial charge in [-0.1, -0.05) is 30.7 Å². The van der Waals surface area contributed by atoms with Crippen molar-refractivity contribution in [2.75, 3.05) is 26.7 Å². The Balaban J connectivity index is 1.63. The average molecular weight is 374 g/mol. The zero-order valence-electron chi connectivity index (χ0n) is 16.3. The molecule has 0 aliphatic carbocycles. The number of benzene rings is 2. The highest BCUT2D eigenvalue weighted by Gasteiger charge is 2.19. The van der Waals surface area contributed by atoms with E-state index in [0.29, 0.717) is 0 Å². The summed E-state index contributed by atoms with van der Waals surface area (Å²) in [5, 5.41) is 0. The normalized spacial score (nSPS) is 15.5. The second kappa shape index (κ2) is 7.32. The number of fused-ring (bicyclic) bond motifs is 3. The van der Waals surface area contributed by atoms with Gasteiger partial charge in [-0.15, -0.1) is 0 Å². The van der Waals surface area contributed by atoms with Gasteiger partial charge in [0.15, 0.2) is 0 Å². The van der Waals surface area contributed by atoms with Gasteiger partial charge in [-0.25, -0.2) is 4.98 Å². The fourth-order valence-electron chi connectivity index (χ4n) is 4.37. The molecule has 0 bridgehead atoms. The highest BCUT2D eigenvalue weighted by Crippen LogP contribution is 2.32. The summed E-state index contributed by atoms with van der Waals surface area (Å²) in [7, 11) is 1.74. The summed E-state index contributed by atoms with van der Waals surface area (Å²) < 4.78 is 10.2. The molecule has 144 valence electrons. The predicted octanol–water partition coefficient (Wildman–Crippen LogP) is 4.45. The summed E-state index contributed by atoms with van der Waals surface area (Å²) in [6.45, 7) is 4.39. The molecule has 2 aromatic heterocycles. The molecule has 5 rings (SSSR count). The third kappa shape index (κ3) is 2.96. The first-order chi connectivity index (χ1) is 13.8. The standard InChI is InChI=1S/C23H26N4O/c1-28-22-12-6-3-9-18(22)21-17-27-20-11-5-4-10-19(20)24-23(27)26(21)16-15-25-13-7-2-8-14-25/h3-6,9-12,17H,2,7-8,13-16H2,1H3. The van der Waals surface area contributed by atoms with Gasteiger partial charge >= 0.3 is 0 Å². The van der Waals surface area contributed by atoms with Gasteiger partial charge in [0.25, 0.3) is 0 Å². The number of rotatable bonds is 5. The van der Waals surface area contributed by atoms with Crippen LogP contribution in [0.5, 0.6) is 5.75 Å². The highest BCUT2D eigenvalue weighted by molar-refractivity contribution is 5.82. The summed E-state index contributed by atoms with van der Waals surface area (Å²) >= 11 is 0. The first-order valence-electron chi connectivity index (χ1n) is 10.2. The van der Waals surface area contributed by atoms with Crippen molar-refractivity contribution >= 4 is 16.8 Å². The monoisotopic (exact) mass is 374 g/mol. The lowest BCUT2D eigenvalue weighted by molar-refractivity contribution is 0.222. The maximum Gasteiger partial charge on any atom is 0.215 e. The third-order valence-electron chi connectivity index (χ3n) is 5.83. The number of ether oxygens (including phenoxy) is 1. The smallest absolute Gasteiger partial charge is 0.215 e. The van der Waals surface area contributed by atoms with Crippen LogP contribution >= 0.6 is 0 Å². The summed E-state index contributed by atoms with van der Waals surface area (Å²) in [4.78, 5) is 7.53. The van der Waals surface area contributed by atoms with Crippen LogP contribution in [0.15, 0.2) is 54.7 Å². The Morgan fingerprint density at radius 3 is 2.57 bits per heavy atom. The summed E-state index contributed by atoms with van der Waals surface area (Å²) in [5.41, 5.74) is 4.45. The molecule has 1 aliphatic rings. The van der Waals surface area contributed by atoms with Gasteiger partial charge in [-0.2, -0.15) is 0 Å². The van der Waals surface area contributed by atoms with Crippen molar-refractivity contribution < 1.29 is 4.74 Å². The second-order valence-electron chi connectivity index (χ2n) is 7.54. The van der Waals surface area contributed by atoms with Gasteiger partial charge in [-0.3, -0.25) is 4.40 Å². The largest absolute Gasteiger partial charge is 0.496 e. The molecule has 5 nitrogen and oxygen atoms in total. The number of nitrogens with zero attached hydrogens (tertiary/aromatic N) is 4. The number of piperidine rings is 1. The fraction of sp³-hybridized carbons (Fsp3) is 0.348. The van der Waals surface area contributed by atoms with Gasteiger partial charge in [-0.05, 0) is 50.2 Å². The molecule has 4 aromatic rings. The first-order valence-corrected chi connectivity index (χ1v) is 10.2. The Labute approximate surface area is 165 Å². The van der Waals surface area contributed by atoms with Crippen molar-refractivity contribution in [3.05, 3.63) is 54.7 Å². The van der Waals surface area contributed by atoms with E-state index in [4.69, 9.17) is 9.72 Å². The molecular weight excluding hydrogens is 348 g/mol. The van der Waals surface area contributed by atoms with Crippen LogP contribution in [0.1, 0.15) is 19.3 Å². The van der Waals surface area contributed by atoms with E-state index >= 15 is 0 Å². The molecule has 0 atom stereocenters. The van der Waals surface area contributed by atoms with E-state index in [0.717, 1.165) is 46.9 Å². The van der Waals surface area contributed by atoms with Crippen LogP contribution in [0.25, 0.3) is 28.1 Å². The molecule has 0 radical (unpaired) electrons. The Morgan fingerprint density at radius 1 is 0.929 bits per heavy atom. The highest BCUT2D eigenvalue weighted by atomic mass is 16.5. The van der Waals surface area contributed by atoms with Crippen molar-refractivity contribution in [2.24, 2.45) is 0 Å². The molecule has 2 aromatic carbocycles. The molecule has 1 fully saturated rings. The van der Waals surface area contributed by atoms with Crippen molar-refractivity contribution in [1.29, 1.82) is 0 Å². The second-order valence-corrected chi connectivity index (χ2v) is 7.54. The number of aromatic nitrogens is 3. The summed E-state index contributed by atoms with van der Waals surface area (Å²) in [5.74, 6) is 1.89. The molecule has 0 amide bonds. The Kier molecular flexibility index (Phi) is 4.53. The van der Waals surface area contributed by atoms with Crippen molar-refractivity contribution in [1.82, 2.24) is 18.9 Å². The van der Waals surface area contributed by atoms with Gasteiger partial charge in [0, 0.05) is 24.8 Å². The molecule has 0 saturated carbocycles. The maximum atomic E-state index is 5.66. The quantitative estimate of drug-likeness (QED) is 0.518. The van der Waals surface area contributed by atoms with Crippen LogP contribution in [-0.4, -0.2) is 45.6 Å². The van der Waals surface area contributed by atoms with Gasteiger partial charge in [0.1, 0.15) is 5.75 Å². The zero-order chi connectivity index (χ0) is 18.9. The molecule has 28 heavy (non-hydrogen) atoms. The van der Waals surface area contributed by atoms with Crippen LogP contribution in [0, 0.1) is 0 Å². The third-order valence-corrected chi connectivity index (χ3v) is 5.83. The molecule has 5 heteroatoms. The fourth-order valence-corrected chi connectivity index (χ4v) is 4.37. The SMILES string of the molecule is COc1ccccc1-c1cn2c3ccccc3nc2n1CCN1CCCCC1. The van der Waals surface area contributed by atoms with Crippen molar-refractivity contribution in [3.63, 3.8) is 0 Å². The van der Waals surface area contributed by atoms with Crippen LogP contribution in [0.4, 0.5) is 0 Å². The number of methoxy groups -OCH3 is 1. The van der Waals surface area contributed by atoms with E-state index in [1.165, 1.54) is 32.4 Å². The number of hydrogen-bond donors (Lipinski definition) is 0. The lowest BCUT2D eigenvalue weighted by Crippen LogP contribution is -2.32. The summed E-state index contributed by atoms with van der Waals surface area (Å²) in [6, 6.07) is 16.6.